The zero-order valence-electron chi connectivity index (χ0n) is 40.6. The summed E-state index contributed by atoms with van der Waals surface area (Å²) in [7, 11) is 0. The normalized spacial score (nSPS) is 15.6. The van der Waals surface area contributed by atoms with Gasteiger partial charge < -0.3 is 9.80 Å². The molecule has 0 bridgehead atoms. The lowest BCUT2D eigenvalue weighted by atomic mass is 9.66. The average molecular weight is 917 g/mol. The van der Waals surface area contributed by atoms with Gasteiger partial charge in [0.05, 0.1) is 5.41 Å². The smallest absolute Gasteiger partial charge is 0.0720 e. The van der Waals surface area contributed by atoms with E-state index < -0.39 is 5.41 Å². The molecule has 3 aliphatic carbocycles. The molecule has 0 atom stereocenters. The highest BCUT2D eigenvalue weighted by atomic mass is 15.1. The average Bonchev–Trinajstić information content (AvgIpc) is 3.77. The van der Waals surface area contributed by atoms with E-state index in [4.69, 9.17) is 0 Å². The number of hydrogen-bond donors (Lipinski definition) is 0. The molecule has 346 valence electrons. The Kier molecular flexibility index (Phi) is 11.3. The molecular formula is C69H60N2. The molecule has 13 rings (SSSR count). The van der Waals surface area contributed by atoms with Crippen LogP contribution in [0, 0.1) is 0 Å². The molecule has 2 fully saturated rings. The Hall–Kier alpha value is -7.68. The third kappa shape index (κ3) is 7.55. The topological polar surface area (TPSA) is 6.48 Å². The number of anilines is 6. The minimum atomic E-state index is -0.646. The third-order valence-corrected chi connectivity index (χ3v) is 16.4. The molecule has 2 saturated carbocycles. The van der Waals surface area contributed by atoms with Crippen LogP contribution in [-0.4, -0.2) is 0 Å². The molecule has 10 aromatic carbocycles. The molecule has 0 aromatic heterocycles. The van der Waals surface area contributed by atoms with E-state index in [0.717, 1.165) is 22.7 Å². The van der Waals surface area contributed by atoms with E-state index in [9.17, 15) is 0 Å². The Morgan fingerprint density at radius 3 is 1.28 bits per heavy atom. The maximum atomic E-state index is 2.54. The van der Waals surface area contributed by atoms with Gasteiger partial charge >= 0.3 is 0 Å². The van der Waals surface area contributed by atoms with Crippen LogP contribution in [0.4, 0.5) is 34.1 Å². The standard InChI is InChI=1S/C69H60N2/c1-7-23-49(24-8-1)51-27-21-37-57(45-51)70(55-33-15-5-16-34-55)59-41-43-63-65(47-59)61-39-19-20-40-62(61)67-64-44-42-60(48-66(64)69(68(63)67,53-29-11-3-12-30-53)54-31-13-4-14-32-54)71(56-35-17-6-18-36-56)58-38-22-28-52(46-58)50-25-9-2-10-26-50/h3-6,11-22,27-50H,1-2,7-10,23-26H2. The van der Waals surface area contributed by atoms with Crippen LogP contribution in [0.3, 0.4) is 0 Å². The van der Waals surface area contributed by atoms with Crippen LogP contribution >= 0.6 is 0 Å². The Labute approximate surface area is 419 Å². The molecule has 2 nitrogen and oxygen atoms in total. The molecule has 3 aliphatic rings. The monoisotopic (exact) mass is 916 g/mol. The van der Waals surface area contributed by atoms with E-state index in [-0.39, 0.29) is 0 Å². The molecule has 0 unspecified atom stereocenters. The number of para-hydroxylation sites is 2. The Bertz CT molecular complexity index is 3460. The maximum absolute atomic E-state index is 2.54. The summed E-state index contributed by atoms with van der Waals surface area (Å²) in [6, 6.07) is 87.5. The quantitative estimate of drug-likeness (QED) is 0.126. The number of hydrogen-bond acceptors (Lipinski definition) is 2. The van der Waals surface area contributed by atoms with Crippen molar-refractivity contribution in [3.63, 3.8) is 0 Å². The second-order valence-corrected chi connectivity index (χ2v) is 20.4. The third-order valence-electron chi connectivity index (χ3n) is 16.4. The summed E-state index contributed by atoms with van der Waals surface area (Å²) in [5, 5.41) is 5.08. The molecule has 0 radical (unpaired) electrons. The van der Waals surface area contributed by atoms with Crippen molar-refractivity contribution in [3.8, 4) is 11.1 Å². The van der Waals surface area contributed by atoms with Gasteiger partial charge in [0.15, 0.2) is 0 Å². The summed E-state index contributed by atoms with van der Waals surface area (Å²) in [4.78, 5) is 4.98. The van der Waals surface area contributed by atoms with Crippen LogP contribution in [0.25, 0.3) is 32.7 Å². The fraction of sp³-hybridized carbons (Fsp3) is 0.188. The van der Waals surface area contributed by atoms with E-state index >= 15 is 0 Å². The van der Waals surface area contributed by atoms with Gasteiger partial charge in [0, 0.05) is 34.1 Å². The number of fused-ring (bicyclic) bond motifs is 8. The van der Waals surface area contributed by atoms with Gasteiger partial charge in [-0.2, -0.15) is 0 Å². The Balaban J connectivity index is 1.07. The number of benzene rings is 10. The molecule has 0 amide bonds. The summed E-state index contributed by atoms with van der Waals surface area (Å²) >= 11 is 0. The van der Waals surface area contributed by atoms with Crippen molar-refractivity contribution < 1.29 is 0 Å². The SMILES string of the molecule is c1ccc(N(c2cccc(C3CCCCC3)c2)c2ccc3c(c2)C(c2ccccc2)(c2ccccc2)c2c-3c3ccccc3c3cc(N(c4ccccc4)c4cccc(C5CCCCC5)c4)ccc23)cc1. The fourth-order valence-corrected chi connectivity index (χ4v) is 13.2. The van der Waals surface area contributed by atoms with Crippen LogP contribution < -0.4 is 9.80 Å². The highest BCUT2D eigenvalue weighted by Crippen LogP contribution is 2.61. The van der Waals surface area contributed by atoms with Crippen LogP contribution in [0.5, 0.6) is 0 Å². The van der Waals surface area contributed by atoms with Crippen molar-refractivity contribution >= 4 is 55.7 Å². The van der Waals surface area contributed by atoms with Crippen LogP contribution in [0.1, 0.15) is 109 Å². The molecule has 10 aromatic rings. The predicted molar refractivity (Wildman–Crippen MR) is 300 cm³/mol. The van der Waals surface area contributed by atoms with Crippen LogP contribution in [0.2, 0.25) is 0 Å². The van der Waals surface area contributed by atoms with Crippen LogP contribution in [0.15, 0.2) is 231 Å². The molecule has 2 heteroatoms. The van der Waals surface area contributed by atoms with Gasteiger partial charge in [-0.15, -0.1) is 0 Å². The summed E-state index contributed by atoms with van der Waals surface area (Å²) in [5.74, 6) is 1.22. The lowest BCUT2D eigenvalue weighted by Gasteiger charge is -2.36. The van der Waals surface area contributed by atoms with Crippen molar-refractivity contribution in [2.24, 2.45) is 0 Å². The summed E-state index contributed by atoms with van der Waals surface area (Å²) < 4.78 is 0. The zero-order valence-corrected chi connectivity index (χ0v) is 40.6. The number of nitrogens with zero attached hydrogens (tertiary/aromatic N) is 2. The predicted octanol–water partition coefficient (Wildman–Crippen LogP) is 19.4. The summed E-state index contributed by atoms with van der Waals surface area (Å²) in [6.07, 6.45) is 13.0. The van der Waals surface area contributed by atoms with Gasteiger partial charge in [-0.25, -0.2) is 0 Å². The first-order valence-electron chi connectivity index (χ1n) is 26.4. The maximum Gasteiger partial charge on any atom is 0.0720 e. The minimum absolute atomic E-state index is 0.605. The summed E-state index contributed by atoms with van der Waals surface area (Å²) in [6.45, 7) is 0. The zero-order chi connectivity index (χ0) is 47.1. The van der Waals surface area contributed by atoms with E-state index in [2.05, 4.69) is 240 Å². The van der Waals surface area contributed by atoms with Gasteiger partial charge in [0.25, 0.3) is 0 Å². The molecule has 0 spiro atoms. The molecule has 71 heavy (non-hydrogen) atoms. The van der Waals surface area contributed by atoms with Crippen LogP contribution in [-0.2, 0) is 5.41 Å². The highest BCUT2D eigenvalue weighted by molar-refractivity contribution is 6.20. The van der Waals surface area contributed by atoms with Crippen molar-refractivity contribution in [1.82, 2.24) is 0 Å². The van der Waals surface area contributed by atoms with Crippen molar-refractivity contribution in [2.45, 2.75) is 81.5 Å². The fourth-order valence-electron chi connectivity index (χ4n) is 13.2. The largest absolute Gasteiger partial charge is 0.310 e. The van der Waals surface area contributed by atoms with E-state index in [1.807, 2.05) is 0 Å². The van der Waals surface area contributed by atoms with E-state index in [1.165, 1.54) is 142 Å². The van der Waals surface area contributed by atoms with Gasteiger partial charge in [-0.1, -0.05) is 196 Å². The Morgan fingerprint density at radius 1 is 0.310 bits per heavy atom. The van der Waals surface area contributed by atoms with Gasteiger partial charge in [-0.3, -0.25) is 0 Å². The van der Waals surface area contributed by atoms with E-state index in [0.29, 0.717) is 11.8 Å². The minimum Gasteiger partial charge on any atom is -0.310 e. The lowest BCUT2D eigenvalue weighted by molar-refractivity contribution is 0.443. The second kappa shape index (κ2) is 18.6. The molecule has 0 N–H and O–H groups in total. The molecule has 0 heterocycles. The Morgan fingerprint density at radius 2 is 0.746 bits per heavy atom. The first kappa shape index (κ1) is 43.3. The van der Waals surface area contributed by atoms with Gasteiger partial charge in [0.1, 0.15) is 0 Å². The first-order valence-corrected chi connectivity index (χ1v) is 26.4. The molecule has 0 saturated heterocycles. The first-order chi connectivity index (χ1) is 35.2. The highest BCUT2D eigenvalue weighted by Gasteiger charge is 2.48. The van der Waals surface area contributed by atoms with Gasteiger partial charge in [-0.05, 0) is 176 Å². The summed E-state index contributed by atoms with van der Waals surface area (Å²) in [5.41, 5.74) is 17.1. The van der Waals surface area contributed by atoms with Crippen molar-refractivity contribution in [2.75, 3.05) is 9.80 Å². The molecule has 0 aliphatic heterocycles. The molecular weight excluding hydrogens is 857 g/mol. The lowest BCUT2D eigenvalue weighted by Crippen LogP contribution is -2.29. The van der Waals surface area contributed by atoms with Gasteiger partial charge in [0.2, 0.25) is 0 Å². The van der Waals surface area contributed by atoms with E-state index in [1.54, 1.807) is 0 Å². The number of rotatable bonds is 10. The second-order valence-electron chi connectivity index (χ2n) is 20.4. The van der Waals surface area contributed by atoms with Crippen molar-refractivity contribution in [1.29, 1.82) is 0 Å². The van der Waals surface area contributed by atoms with Crippen molar-refractivity contribution in [3.05, 3.63) is 264 Å².